The van der Waals surface area contributed by atoms with Gasteiger partial charge in [-0.2, -0.15) is 0 Å². The summed E-state index contributed by atoms with van der Waals surface area (Å²) in [7, 11) is 0. The lowest BCUT2D eigenvalue weighted by Crippen LogP contribution is -2.39. The molecule has 0 atom stereocenters. The number of carbonyl (C=O) groups excluding carboxylic acids is 1. The molecule has 0 aliphatic heterocycles. The maximum absolute atomic E-state index is 11.6. The molecule has 4 nitrogen and oxygen atoms in total. The van der Waals surface area contributed by atoms with Gasteiger partial charge in [0.25, 0.3) is 0 Å². The van der Waals surface area contributed by atoms with Crippen molar-refractivity contribution < 1.29 is 14.7 Å². The van der Waals surface area contributed by atoms with Crippen LogP contribution < -0.4 is 5.32 Å². The Kier molecular flexibility index (Phi) is 4.97. The first-order chi connectivity index (χ1) is 7.89. The highest BCUT2D eigenvalue weighted by atomic mass is 16.4. The highest BCUT2D eigenvalue weighted by Gasteiger charge is 2.27. The fourth-order valence-corrected chi connectivity index (χ4v) is 2.24. The van der Waals surface area contributed by atoms with Gasteiger partial charge in [-0.15, -0.1) is 0 Å². The van der Waals surface area contributed by atoms with Gasteiger partial charge in [-0.3, -0.25) is 9.59 Å². The summed E-state index contributed by atoms with van der Waals surface area (Å²) in [5.41, 5.74) is 0.407. The lowest BCUT2D eigenvalue weighted by molar-refractivity contribution is -0.137. The fraction of sp³-hybridized carbons (Fsp3) is 0.846. The third kappa shape index (κ3) is 5.71. The molecule has 0 spiro atoms. The molecule has 0 unspecified atom stereocenters. The van der Waals surface area contributed by atoms with Crippen LogP contribution in [-0.4, -0.2) is 23.0 Å². The van der Waals surface area contributed by atoms with Crippen molar-refractivity contribution in [2.75, 3.05) is 0 Å². The molecule has 0 radical (unpaired) electrons. The summed E-state index contributed by atoms with van der Waals surface area (Å²) >= 11 is 0. The van der Waals surface area contributed by atoms with E-state index in [2.05, 4.69) is 19.2 Å². The summed E-state index contributed by atoms with van der Waals surface area (Å²) in [6, 6.07) is 0.292. The average Bonchev–Trinajstić information content (AvgIpc) is 2.21. The summed E-state index contributed by atoms with van der Waals surface area (Å²) in [6.07, 6.45) is 5.20. The van der Waals surface area contributed by atoms with Crippen LogP contribution in [0, 0.1) is 5.41 Å². The van der Waals surface area contributed by atoms with E-state index >= 15 is 0 Å². The van der Waals surface area contributed by atoms with Gasteiger partial charge in [-0.05, 0) is 37.5 Å². The largest absolute Gasteiger partial charge is 0.481 e. The number of rotatable bonds is 5. The van der Waals surface area contributed by atoms with E-state index in [1.807, 2.05) is 0 Å². The molecule has 1 rings (SSSR count). The van der Waals surface area contributed by atoms with Crippen molar-refractivity contribution in [3.63, 3.8) is 0 Å². The van der Waals surface area contributed by atoms with Gasteiger partial charge in [0.1, 0.15) is 0 Å². The lowest BCUT2D eigenvalue weighted by Gasteiger charge is -2.34. The predicted molar refractivity (Wildman–Crippen MR) is 65.7 cm³/mol. The van der Waals surface area contributed by atoms with Crippen LogP contribution in [0.5, 0.6) is 0 Å². The predicted octanol–water partition coefficient (Wildman–Crippen LogP) is 2.33. The van der Waals surface area contributed by atoms with Crippen molar-refractivity contribution in [2.24, 2.45) is 5.41 Å². The molecule has 0 aromatic carbocycles. The minimum absolute atomic E-state index is 0.00374. The highest BCUT2D eigenvalue weighted by Crippen LogP contribution is 2.34. The Balaban J connectivity index is 2.17. The second kappa shape index (κ2) is 6.03. The van der Waals surface area contributed by atoms with Gasteiger partial charge in [0.05, 0.1) is 0 Å². The summed E-state index contributed by atoms with van der Waals surface area (Å²) in [6.45, 7) is 4.52. The van der Waals surface area contributed by atoms with E-state index in [-0.39, 0.29) is 12.3 Å². The molecule has 0 aromatic rings. The van der Waals surface area contributed by atoms with Gasteiger partial charge in [0, 0.05) is 18.9 Å². The molecule has 1 amide bonds. The molecule has 1 saturated carbocycles. The molecule has 0 bridgehead atoms. The van der Waals surface area contributed by atoms with Crippen molar-refractivity contribution in [1.82, 2.24) is 5.32 Å². The molecule has 1 fully saturated rings. The van der Waals surface area contributed by atoms with Crippen molar-refractivity contribution in [3.05, 3.63) is 0 Å². The van der Waals surface area contributed by atoms with Gasteiger partial charge in [0.15, 0.2) is 0 Å². The average molecular weight is 241 g/mol. The van der Waals surface area contributed by atoms with E-state index in [4.69, 9.17) is 5.11 Å². The highest BCUT2D eigenvalue weighted by molar-refractivity contribution is 5.77. The summed E-state index contributed by atoms with van der Waals surface area (Å²) in [5, 5.41) is 11.5. The first-order valence-electron chi connectivity index (χ1n) is 6.40. The number of carbonyl (C=O) groups is 2. The van der Waals surface area contributed by atoms with Crippen molar-refractivity contribution in [1.29, 1.82) is 0 Å². The summed E-state index contributed by atoms with van der Waals surface area (Å²) in [5.74, 6) is -0.840. The zero-order valence-electron chi connectivity index (χ0n) is 10.8. The second-order valence-corrected chi connectivity index (χ2v) is 5.75. The lowest BCUT2D eigenvalue weighted by atomic mass is 9.75. The summed E-state index contributed by atoms with van der Waals surface area (Å²) < 4.78 is 0. The Hall–Kier alpha value is -1.06. The van der Waals surface area contributed by atoms with Crippen LogP contribution in [0.4, 0.5) is 0 Å². The van der Waals surface area contributed by atoms with Crippen LogP contribution in [0.3, 0.4) is 0 Å². The first-order valence-corrected chi connectivity index (χ1v) is 6.40. The van der Waals surface area contributed by atoms with Crippen LogP contribution in [0.15, 0.2) is 0 Å². The molecule has 17 heavy (non-hydrogen) atoms. The monoisotopic (exact) mass is 241 g/mol. The SMILES string of the molecule is CC1(C)CCC(NC(=O)CCCC(=O)O)CC1. The molecular weight excluding hydrogens is 218 g/mol. The number of hydrogen-bond acceptors (Lipinski definition) is 2. The maximum atomic E-state index is 11.6. The molecule has 4 heteroatoms. The number of carboxylic acid groups (broad SMARTS) is 1. The van der Waals surface area contributed by atoms with Crippen LogP contribution in [0.25, 0.3) is 0 Å². The van der Waals surface area contributed by atoms with Crippen LogP contribution in [0.2, 0.25) is 0 Å². The van der Waals surface area contributed by atoms with Gasteiger partial charge in [0.2, 0.25) is 5.91 Å². The van der Waals surface area contributed by atoms with E-state index in [0.717, 1.165) is 25.7 Å². The third-order valence-electron chi connectivity index (χ3n) is 3.50. The Morgan fingerprint density at radius 3 is 2.35 bits per heavy atom. The smallest absolute Gasteiger partial charge is 0.303 e. The van der Waals surface area contributed by atoms with Crippen molar-refractivity contribution in [3.8, 4) is 0 Å². The quantitative estimate of drug-likeness (QED) is 0.776. The van der Waals surface area contributed by atoms with Gasteiger partial charge < -0.3 is 10.4 Å². The molecule has 98 valence electrons. The van der Waals surface area contributed by atoms with E-state index in [9.17, 15) is 9.59 Å². The maximum Gasteiger partial charge on any atom is 0.303 e. The molecule has 1 aliphatic carbocycles. The van der Waals surface area contributed by atoms with E-state index in [1.54, 1.807) is 0 Å². The minimum Gasteiger partial charge on any atom is -0.481 e. The fourth-order valence-electron chi connectivity index (χ4n) is 2.24. The Labute approximate surface area is 103 Å². The number of amides is 1. The number of nitrogens with one attached hydrogen (secondary N) is 1. The molecule has 0 aromatic heterocycles. The van der Waals surface area contributed by atoms with E-state index in [0.29, 0.717) is 24.3 Å². The molecular formula is C13H23NO3. The van der Waals surface area contributed by atoms with E-state index in [1.165, 1.54) is 0 Å². The van der Waals surface area contributed by atoms with Crippen molar-refractivity contribution in [2.45, 2.75) is 64.8 Å². The molecule has 2 N–H and O–H groups in total. The Morgan fingerprint density at radius 2 is 1.82 bits per heavy atom. The number of aliphatic carboxylic acids is 1. The second-order valence-electron chi connectivity index (χ2n) is 5.75. The molecule has 1 aliphatic rings. The van der Waals surface area contributed by atoms with Crippen LogP contribution in [-0.2, 0) is 9.59 Å². The van der Waals surface area contributed by atoms with Crippen molar-refractivity contribution >= 4 is 11.9 Å². The standard InChI is InChI=1S/C13H23NO3/c1-13(2)8-6-10(7-9-13)14-11(15)4-3-5-12(16)17/h10H,3-9H2,1-2H3,(H,14,15)(H,16,17). The Morgan fingerprint density at radius 1 is 1.24 bits per heavy atom. The first kappa shape index (κ1) is 14.0. The minimum atomic E-state index is -0.836. The van der Waals surface area contributed by atoms with Crippen LogP contribution in [0.1, 0.15) is 58.8 Å². The van der Waals surface area contributed by atoms with Gasteiger partial charge in [-0.25, -0.2) is 0 Å². The zero-order valence-corrected chi connectivity index (χ0v) is 10.8. The zero-order chi connectivity index (χ0) is 12.9. The summed E-state index contributed by atoms with van der Waals surface area (Å²) in [4.78, 5) is 21.9. The normalized spacial score (nSPS) is 19.9. The van der Waals surface area contributed by atoms with Gasteiger partial charge in [-0.1, -0.05) is 13.8 Å². The topological polar surface area (TPSA) is 66.4 Å². The van der Waals surface area contributed by atoms with E-state index < -0.39 is 5.97 Å². The van der Waals surface area contributed by atoms with Crippen LogP contribution >= 0.6 is 0 Å². The molecule has 0 saturated heterocycles. The number of carboxylic acids is 1. The molecule has 0 heterocycles. The number of hydrogen-bond donors (Lipinski definition) is 2. The van der Waals surface area contributed by atoms with Gasteiger partial charge >= 0.3 is 5.97 Å². The third-order valence-corrected chi connectivity index (χ3v) is 3.50. The Bertz CT molecular complexity index is 276.